The van der Waals surface area contributed by atoms with E-state index in [0.717, 1.165) is 6.42 Å². The maximum Gasteiger partial charge on any atom is 0.255 e. The highest BCUT2D eigenvalue weighted by molar-refractivity contribution is 6.04. The van der Waals surface area contributed by atoms with Crippen LogP contribution in [-0.2, 0) is 4.74 Å². The Morgan fingerprint density at radius 1 is 1.29 bits per heavy atom. The number of likely N-dealkylation sites (tertiary alicyclic amines) is 1. The first-order chi connectivity index (χ1) is 14.8. The van der Waals surface area contributed by atoms with Gasteiger partial charge in [0.05, 0.1) is 24.5 Å². The van der Waals surface area contributed by atoms with E-state index in [9.17, 15) is 18.0 Å². The van der Waals surface area contributed by atoms with Crippen molar-refractivity contribution in [3.05, 3.63) is 48.0 Å². The van der Waals surface area contributed by atoms with Crippen molar-refractivity contribution in [2.24, 2.45) is 0 Å². The third kappa shape index (κ3) is 5.10. The topological polar surface area (TPSA) is 59.4 Å². The van der Waals surface area contributed by atoms with Gasteiger partial charge in [0.2, 0.25) is 5.92 Å². The van der Waals surface area contributed by atoms with Crippen LogP contribution in [0.3, 0.4) is 0 Å². The molecule has 168 valence electrons. The number of rotatable bonds is 6. The number of carbonyl (C=O) groups is 1. The number of aromatic nitrogens is 2. The lowest BCUT2D eigenvalue weighted by Crippen LogP contribution is -2.45. The van der Waals surface area contributed by atoms with Gasteiger partial charge in [-0.1, -0.05) is 6.07 Å². The molecule has 2 fully saturated rings. The number of amides is 1. The first kappa shape index (κ1) is 21.8. The number of anilines is 1. The molecule has 1 amide bonds. The number of alkyl halides is 2. The van der Waals surface area contributed by atoms with Gasteiger partial charge in [-0.25, -0.2) is 13.2 Å². The standard InChI is InChI=1S/C22H27F3N4O2/c1-31-14-20-10-19(13-28(20)18-5-7-22(24,25)8-6-18)29-12-17(11-26-29)27-21(30)15-3-2-4-16(23)9-15/h2-4,9,11-12,18-20H,5-8,10,13-14H2,1H3,(H,27,30)/t19-,20-/m0/s1. The molecule has 2 heterocycles. The van der Waals surface area contributed by atoms with E-state index >= 15 is 0 Å². The van der Waals surface area contributed by atoms with Gasteiger partial charge in [0, 0.05) is 50.3 Å². The Labute approximate surface area is 179 Å². The molecule has 1 saturated heterocycles. The first-order valence-electron chi connectivity index (χ1n) is 10.6. The third-order valence-corrected chi connectivity index (χ3v) is 6.27. The van der Waals surface area contributed by atoms with E-state index in [1.165, 1.54) is 18.2 Å². The monoisotopic (exact) mass is 436 g/mol. The van der Waals surface area contributed by atoms with E-state index in [1.54, 1.807) is 30.3 Å². The van der Waals surface area contributed by atoms with Gasteiger partial charge in [0.25, 0.3) is 5.91 Å². The SMILES string of the molecule is COC[C@@H]1C[C@H](n2cc(NC(=O)c3cccc(F)c3)cn2)CN1C1CCC(F)(F)CC1. The summed E-state index contributed by atoms with van der Waals surface area (Å²) in [5.74, 6) is -3.44. The van der Waals surface area contributed by atoms with Gasteiger partial charge in [0.1, 0.15) is 5.82 Å². The molecule has 6 nitrogen and oxygen atoms in total. The Morgan fingerprint density at radius 3 is 2.77 bits per heavy atom. The minimum atomic E-state index is -2.55. The second-order valence-corrected chi connectivity index (χ2v) is 8.46. The average molecular weight is 436 g/mol. The van der Waals surface area contributed by atoms with Gasteiger partial charge in [0.15, 0.2) is 0 Å². The number of carbonyl (C=O) groups excluding carboxylic acids is 1. The molecule has 4 rings (SSSR count). The van der Waals surface area contributed by atoms with Crippen molar-refractivity contribution >= 4 is 11.6 Å². The smallest absolute Gasteiger partial charge is 0.255 e. The lowest BCUT2D eigenvalue weighted by Gasteiger charge is -2.37. The van der Waals surface area contributed by atoms with Crippen LogP contribution in [0.5, 0.6) is 0 Å². The van der Waals surface area contributed by atoms with Gasteiger partial charge in [-0.15, -0.1) is 0 Å². The van der Waals surface area contributed by atoms with Crippen LogP contribution < -0.4 is 5.32 Å². The molecule has 31 heavy (non-hydrogen) atoms. The zero-order valence-corrected chi connectivity index (χ0v) is 17.4. The molecule has 1 aromatic carbocycles. The molecule has 0 unspecified atom stereocenters. The van der Waals surface area contributed by atoms with Crippen LogP contribution in [0, 0.1) is 5.82 Å². The van der Waals surface area contributed by atoms with Gasteiger partial charge in [-0.05, 0) is 37.5 Å². The van der Waals surface area contributed by atoms with Gasteiger partial charge >= 0.3 is 0 Å². The fourth-order valence-corrected chi connectivity index (χ4v) is 4.70. The summed E-state index contributed by atoms with van der Waals surface area (Å²) in [6.07, 6.45) is 4.92. The molecule has 1 aliphatic carbocycles. The van der Waals surface area contributed by atoms with Crippen molar-refractivity contribution in [1.29, 1.82) is 0 Å². The zero-order chi connectivity index (χ0) is 22.0. The largest absolute Gasteiger partial charge is 0.383 e. The molecule has 0 radical (unpaired) electrons. The molecule has 2 aromatic rings. The van der Waals surface area contributed by atoms with Crippen molar-refractivity contribution in [1.82, 2.24) is 14.7 Å². The lowest BCUT2D eigenvalue weighted by atomic mass is 9.91. The number of nitrogens with zero attached hydrogens (tertiary/aromatic N) is 3. The fraction of sp³-hybridized carbons (Fsp3) is 0.545. The minimum Gasteiger partial charge on any atom is -0.383 e. The summed E-state index contributed by atoms with van der Waals surface area (Å²) in [5, 5.41) is 7.14. The molecule has 2 aliphatic rings. The third-order valence-electron chi connectivity index (χ3n) is 6.27. The van der Waals surface area contributed by atoms with E-state index < -0.39 is 17.6 Å². The molecule has 1 aromatic heterocycles. The minimum absolute atomic E-state index is 0.0578. The first-order valence-corrected chi connectivity index (χ1v) is 10.6. The number of nitrogens with one attached hydrogen (secondary N) is 1. The molecule has 1 N–H and O–H groups in total. The van der Waals surface area contributed by atoms with Crippen molar-refractivity contribution in [3.63, 3.8) is 0 Å². The summed E-state index contributed by atoms with van der Waals surface area (Å²) in [6.45, 7) is 1.23. The Balaban J connectivity index is 1.41. The highest BCUT2D eigenvalue weighted by atomic mass is 19.3. The number of halogens is 3. The highest BCUT2D eigenvalue weighted by Crippen LogP contribution is 2.39. The van der Waals surface area contributed by atoms with Crippen LogP contribution in [-0.4, -0.2) is 58.9 Å². The number of benzene rings is 1. The van der Waals surface area contributed by atoms with Crippen LogP contribution in [0.15, 0.2) is 36.7 Å². The molecular weight excluding hydrogens is 409 g/mol. The van der Waals surface area contributed by atoms with Crippen molar-refractivity contribution < 1.29 is 22.7 Å². The van der Waals surface area contributed by atoms with Crippen LogP contribution >= 0.6 is 0 Å². The van der Waals surface area contributed by atoms with Crippen LogP contribution in [0.4, 0.5) is 18.9 Å². The second kappa shape index (κ2) is 9.00. The Hall–Kier alpha value is -2.39. The number of methoxy groups -OCH3 is 1. The molecule has 9 heteroatoms. The molecular formula is C22H27F3N4O2. The average Bonchev–Trinajstić information content (AvgIpc) is 3.36. The van der Waals surface area contributed by atoms with Crippen LogP contribution in [0.25, 0.3) is 0 Å². The Kier molecular flexibility index (Phi) is 6.34. The molecule has 1 aliphatic heterocycles. The summed E-state index contributed by atoms with van der Waals surface area (Å²) in [5.41, 5.74) is 0.752. The number of hydrogen-bond acceptors (Lipinski definition) is 4. The van der Waals surface area contributed by atoms with E-state index in [1.807, 2.05) is 0 Å². The van der Waals surface area contributed by atoms with Gasteiger partial charge in [-0.2, -0.15) is 5.10 Å². The summed E-state index contributed by atoms with van der Waals surface area (Å²) >= 11 is 0. The van der Waals surface area contributed by atoms with Crippen molar-refractivity contribution in [2.75, 3.05) is 25.6 Å². The van der Waals surface area contributed by atoms with Gasteiger partial charge in [-0.3, -0.25) is 14.4 Å². The number of ether oxygens (including phenoxy) is 1. The maximum atomic E-state index is 13.6. The predicted octanol–water partition coefficient (Wildman–Crippen LogP) is 4.11. The van der Waals surface area contributed by atoms with Crippen molar-refractivity contribution in [2.45, 2.75) is 56.2 Å². The fourth-order valence-electron chi connectivity index (χ4n) is 4.70. The lowest BCUT2D eigenvalue weighted by molar-refractivity contribution is -0.0579. The van der Waals surface area contributed by atoms with E-state index in [-0.39, 0.29) is 36.5 Å². The zero-order valence-electron chi connectivity index (χ0n) is 17.4. The summed E-state index contributed by atoms with van der Waals surface area (Å²) in [7, 11) is 1.65. The Bertz CT molecular complexity index is 910. The molecule has 2 atom stereocenters. The quantitative estimate of drug-likeness (QED) is 0.740. The van der Waals surface area contributed by atoms with Gasteiger partial charge < -0.3 is 10.1 Å². The summed E-state index contributed by atoms with van der Waals surface area (Å²) < 4.78 is 47.7. The predicted molar refractivity (Wildman–Crippen MR) is 110 cm³/mol. The molecule has 0 bridgehead atoms. The molecule has 1 saturated carbocycles. The summed E-state index contributed by atoms with van der Waals surface area (Å²) in [4.78, 5) is 14.6. The van der Waals surface area contributed by atoms with Crippen molar-refractivity contribution in [3.8, 4) is 0 Å². The van der Waals surface area contributed by atoms with E-state index in [0.29, 0.717) is 31.7 Å². The normalized spacial score (nSPS) is 24.4. The van der Waals surface area contributed by atoms with E-state index in [4.69, 9.17) is 4.74 Å². The Morgan fingerprint density at radius 2 is 2.06 bits per heavy atom. The second-order valence-electron chi connectivity index (χ2n) is 8.46. The maximum absolute atomic E-state index is 13.6. The van der Waals surface area contributed by atoms with Crippen LogP contribution in [0.1, 0.15) is 48.5 Å². The summed E-state index contributed by atoms with van der Waals surface area (Å²) in [6, 6.07) is 5.80. The van der Waals surface area contributed by atoms with E-state index in [2.05, 4.69) is 15.3 Å². The number of hydrogen-bond donors (Lipinski definition) is 1. The van der Waals surface area contributed by atoms with Crippen LogP contribution in [0.2, 0.25) is 0 Å². The highest BCUT2D eigenvalue weighted by Gasteiger charge is 2.42. The molecule has 0 spiro atoms.